The van der Waals surface area contributed by atoms with Gasteiger partial charge >= 0.3 is 0 Å². The van der Waals surface area contributed by atoms with Gasteiger partial charge in [0.15, 0.2) is 11.6 Å². The molecule has 0 amide bonds. The molecule has 2 aromatic rings. The largest absolute Gasteiger partial charge is 0.491 e. The van der Waals surface area contributed by atoms with Gasteiger partial charge < -0.3 is 10.1 Å². The second-order valence-electron chi connectivity index (χ2n) is 4.86. The summed E-state index contributed by atoms with van der Waals surface area (Å²) >= 11 is 0. The molecule has 0 aliphatic heterocycles. The van der Waals surface area contributed by atoms with Gasteiger partial charge in [-0.25, -0.2) is 4.39 Å². The van der Waals surface area contributed by atoms with E-state index < -0.39 is 0 Å². The minimum absolute atomic E-state index is 0.118. The monoisotopic (exact) mass is 273 g/mol. The van der Waals surface area contributed by atoms with Crippen molar-refractivity contribution in [1.29, 1.82) is 0 Å². The molecule has 2 aromatic carbocycles. The van der Waals surface area contributed by atoms with Gasteiger partial charge in [-0.1, -0.05) is 29.8 Å². The topological polar surface area (TPSA) is 21.3 Å². The Morgan fingerprint density at radius 1 is 1.20 bits per heavy atom. The molecule has 2 rings (SSSR count). The number of nitrogens with one attached hydrogen (secondary N) is 1. The highest BCUT2D eigenvalue weighted by Gasteiger charge is 2.08. The van der Waals surface area contributed by atoms with Crippen LogP contribution in [0.15, 0.2) is 42.5 Å². The van der Waals surface area contributed by atoms with Gasteiger partial charge in [0, 0.05) is 17.8 Å². The molecule has 0 saturated heterocycles. The van der Waals surface area contributed by atoms with Crippen molar-refractivity contribution in [3.05, 3.63) is 59.4 Å². The molecule has 2 nitrogen and oxygen atoms in total. The fourth-order valence-corrected chi connectivity index (χ4v) is 2.14. The van der Waals surface area contributed by atoms with Gasteiger partial charge in [0.05, 0.1) is 6.61 Å². The predicted molar refractivity (Wildman–Crippen MR) is 80.8 cm³/mol. The molecule has 0 radical (unpaired) electrons. The lowest BCUT2D eigenvalue weighted by Crippen LogP contribution is -2.07. The Morgan fingerprint density at radius 3 is 2.65 bits per heavy atom. The van der Waals surface area contributed by atoms with Crippen molar-refractivity contribution in [2.75, 3.05) is 11.9 Å². The highest BCUT2D eigenvalue weighted by molar-refractivity contribution is 5.49. The molecule has 0 fully saturated rings. The van der Waals surface area contributed by atoms with E-state index in [9.17, 15) is 4.39 Å². The zero-order valence-corrected chi connectivity index (χ0v) is 12.1. The molecule has 3 heteroatoms. The van der Waals surface area contributed by atoms with E-state index in [0.717, 1.165) is 5.69 Å². The molecule has 0 aliphatic rings. The first-order valence-electron chi connectivity index (χ1n) is 6.85. The summed E-state index contributed by atoms with van der Waals surface area (Å²) < 4.78 is 19.0. The molecule has 0 heterocycles. The van der Waals surface area contributed by atoms with E-state index >= 15 is 0 Å². The van der Waals surface area contributed by atoms with Gasteiger partial charge in [0.25, 0.3) is 0 Å². The van der Waals surface area contributed by atoms with Crippen LogP contribution in [0.2, 0.25) is 0 Å². The molecule has 20 heavy (non-hydrogen) atoms. The molecule has 0 spiro atoms. The van der Waals surface area contributed by atoms with Crippen LogP contribution in [0.4, 0.5) is 10.1 Å². The number of hydrogen-bond acceptors (Lipinski definition) is 2. The second kappa shape index (κ2) is 6.42. The van der Waals surface area contributed by atoms with Gasteiger partial charge in [-0.15, -0.1) is 0 Å². The number of anilines is 1. The summed E-state index contributed by atoms with van der Waals surface area (Å²) in [7, 11) is 0. The van der Waals surface area contributed by atoms with Crippen molar-refractivity contribution in [2.45, 2.75) is 26.8 Å². The summed E-state index contributed by atoms with van der Waals surface area (Å²) in [5, 5.41) is 3.30. The molecular formula is C17H20FNO. The number of rotatable bonds is 5. The molecule has 1 atom stereocenters. The lowest BCUT2D eigenvalue weighted by molar-refractivity contribution is 0.321. The second-order valence-corrected chi connectivity index (χ2v) is 4.86. The van der Waals surface area contributed by atoms with E-state index in [4.69, 9.17) is 4.74 Å². The molecule has 1 unspecified atom stereocenters. The number of hydrogen-bond donors (Lipinski definition) is 1. The van der Waals surface area contributed by atoms with E-state index in [1.54, 1.807) is 6.07 Å². The van der Waals surface area contributed by atoms with Crippen LogP contribution in [-0.2, 0) is 0 Å². The first-order chi connectivity index (χ1) is 9.60. The van der Waals surface area contributed by atoms with Gasteiger partial charge in [0.2, 0.25) is 0 Å². The highest BCUT2D eigenvalue weighted by atomic mass is 19.1. The van der Waals surface area contributed by atoms with Crippen LogP contribution < -0.4 is 10.1 Å². The Kier molecular flexibility index (Phi) is 4.61. The quantitative estimate of drug-likeness (QED) is 0.852. The van der Waals surface area contributed by atoms with Crippen molar-refractivity contribution >= 4 is 5.69 Å². The summed E-state index contributed by atoms with van der Waals surface area (Å²) in [5.41, 5.74) is 3.15. The molecule has 0 aromatic heterocycles. The summed E-state index contributed by atoms with van der Waals surface area (Å²) in [4.78, 5) is 0. The van der Waals surface area contributed by atoms with Crippen LogP contribution in [0.5, 0.6) is 5.75 Å². The van der Waals surface area contributed by atoms with Crippen LogP contribution in [0.3, 0.4) is 0 Å². The maximum absolute atomic E-state index is 13.8. The summed E-state index contributed by atoms with van der Waals surface area (Å²) in [5.74, 6) is -0.0467. The Morgan fingerprint density at radius 2 is 2.00 bits per heavy atom. The summed E-state index contributed by atoms with van der Waals surface area (Å²) in [6, 6.07) is 13.4. The third-order valence-corrected chi connectivity index (χ3v) is 3.16. The maximum atomic E-state index is 13.8. The minimum atomic E-state index is -0.340. The summed E-state index contributed by atoms with van der Waals surface area (Å²) in [6.07, 6.45) is 0. The number of aryl methyl sites for hydroxylation is 1. The Hall–Kier alpha value is -2.03. The van der Waals surface area contributed by atoms with Crippen molar-refractivity contribution in [1.82, 2.24) is 0 Å². The van der Waals surface area contributed by atoms with Crippen LogP contribution in [0.1, 0.15) is 31.0 Å². The van der Waals surface area contributed by atoms with Crippen LogP contribution in [-0.4, -0.2) is 6.61 Å². The SMILES string of the molecule is CCOc1ccc(NC(C)c2cccc(C)c2)cc1F. The number of ether oxygens (including phenoxy) is 1. The Labute approximate surface area is 119 Å². The molecule has 0 saturated carbocycles. The highest BCUT2D eigenvalue weighted by Crippen LogP contribution is 2.25. The lowest BCUT2D eigenvalue weighted by atomic mass is 10.1. The average Bonchev–Trinajstić information content (AvgIpc) is 2.42. The van der Waals surface area contributed by atoms with Gasteiger partial charge in [-0.2, -0.15) is 0 Å². The van der Waals surface area contributed by atoms with Crippen LogP contribution in [0.25, 0.3) is 0 Å². The first kappa shape index (κ1) is 14.4. The Bertz CT molecular complexity index is 583. The number of benzene rings is 2. The van der Waals surface area contributed by atoms with E-state index in [1.165, 1.54) is 17.2 Å². The van der Waals surface area contributed by atoms with E-state index in [2.05, 4.69) is 37.4 Å². The molecule has 0 bridgehead atoms. The average molecular weight is 273 g/mol. The standard InChI is InChI=1S/C17H20FNO/c1-4-20-17-9-8-15(11-16(17)18)19-13(3)14-7-5-6-12(2)10-14/h5-11,13,19H,4H2,1-3H3. The number of halogens is 1. The predicted octanol–water partition coefficient (Wildman–Crippen LogP) is 4.71. The zero-order chi connectivity index (χ0) is 14.5. The summed E-state index contributed by atoms with van der Waals surface area (Å²) in [6.45, 7) is 6.42. The van der Waals surface area contributed by atoms with Gasteiger partial charge in [-0.3, -0.25) is 0 Å². The zero-order valence-electron chi connectivity index (χ0n) is 12.1. The third-order valence-electron chi connectivity index (χ3n) is 3.16. The first-order valence-corrected chi connectivity index (χ1v) is 6.85. The van der Waals surface area contributed by atoms with Crippen LogP contribution in [0, 0.1) is 12.7 Å². The molecular weight excluding hydrogens is 253 g/mol. The van der Waals surface area contributed by atoms with Gasteiger partial charge in [0.1, 0.15) is 0 Å². The maximum Gasteiger partial charge on any atom is 0.167 e. The van der Waals surface area contributed by atoms with Crippen molar-refractivity contribution < 1.29 is 9.13 Å². The lowest BCUT2D eigenvalue weighted by Gasteiger charge is -2.17. The smallest absolute Gasteiger partial charge is 0.167 e. The van der Waals surface area contributed by atoms with E-state index in [0.29, 0.717) is 12.4 Å². The fraction of sp³-hybridized carbons (Fsp3) is 0.294. The molecule has 0 aliphatic carbocycles. The van der Waals surface area contributed by atoms with Crippen molar-refractivity contribution in [3.63, 3.8) is 0 Å². The van der Waals surface area contributed by atoms with E-state index in [-0.39, 0.29) is 11.9 Å². The fourth-order valence-electron chi connectivity index (χ4n) is 2.14. The van der Waals surface area contributed by atoms with Gasteiger partial charge in [-0.05, 0) is 38.5 Å². The third kappa shape index (κ3) is 3.50. The van der Waals surface area contributed by atoms with E-state index in [1.807, 2.05) is 19.1 Å². The van der Waals surface area contributed by atoms with Crippen LogP contribution >= 0.6 is 0 Å². The molecule has 106 valence electrons. The Balaban J connectivity index is 2.11. The van der Waals surface area contributed by atoms with Crippen molar-refractivity contribution in [2.24, 2.45) is 0 Å². The normalized spacial score (nSPS) is 12.0. The minimum Gasteiger partial charge on any atom is -0.491 e. The van der Waals surface area contributed by atoms with Crippen molar-refractivity contribution in [3.8, 4) is 5.75 Å². The molecule has 1 N–H and O–H groups in total.